The minimum absolute atomic E-state index is 0.0597. The van der Waals surface area contributed by atoms with Crippen molar-refractivity contribution < 1.29 is 38.1 Å². The van der Waals surface area contributed by atoms with E-state index in [9.17, 15) is 14.4 Å². The number of esters is 3. The van der Waals surface area contributed by atoms with Gasteiger partial charge < -0.3 is 23.7 Å². The van der Waals surface area contributed by atoms with Crippen LogP contribution in [0.5, 0.6) is 0 Å². The van der Waals surface area contributed by atoms with Crippen molar-refractivity contribution in [1.82, 2.24) is 0 Å². The molecular weight excluding hydrogens is 410 g/mol. The number of carbonyl (C=O) groups excluding carboxylic acids is 3. The van der Waals surface area contributed by atoms with Crippen molar-refractivity contribution in [3.63, 3.8) is 0 Å². The van der Waals surface area contributed by atoms with Crippen LogP contribution in [-0.2, 0) is 38.1 Å². The summed E-state index contributed by atoms with van der Waals surface area (Å²) >= 11 is 0. The van der Waals surface area contributed by atoms with E-state index >= 15 is 0 Å². The molecule has 1 saturated carbocycles. The van der Waals surface area contributed by atoms with Crippen LogP contribution in [0.15, 0.2) is 35.4 Å². The standard InChI is InChI=1S/C20H23N3O8/c1-10(24)28-16-14-9-27-20(13-7-5-4-6-8-13)31-17(14)19(30-12(3)26)18(29-11(2)25)15(16)22-23-21/h4-8,14-20H,9H2,1-3H3/t14-,15-,16+,17+,18-,19-,20+/m0/s1. The first-order valence-electron chi connectivity index (χ1n) is 9.69. The maximum absolute atomic E-state index is 11.9. The minimum atomic E-state index is -1.22. The van der Waals surface area contributed by atoms with Gasteiger partial charge in [-0.1, -0.05) is 35.4 Å². The lowest BCUT2D eigenvalue weighted by Gasteiger charge is -2.50. The number of hydrogen-bond donors (Lipinski definition) is 0. The molecule has 1 aromatic carbocycles. The highest BCUT2D eigenvalue weighted by atomic mass is 16.7. The Hall–Kier alpha value is -3.14. The molecule has 11 nitrogen and oxygen atoms in total. The zero-order chi connectivity index (χ0) is 22.5. The second-order valence-corrected chi connectivity index (χ2v) is 7.26. The molecule has 1 aromatic rings. The van der Waals surface area contributed by atoms with Crippen LogP contribution in [0.2, 0.25) is 0 Å². The lowest BCUT2D eigenvalue weighted by atomic mass is 9.76. The third kappa shape index (κ3) is 5.13. The largest absolute Gasteiger partial charge is 0.461 e. The van der Waals surface area contributed by atoms with Gasteiger partial charge in [0.25, 0.3) is 0 Å². The predicted octanol–water partition coefficient (Wildman–Crippen LogP) is 2.20. The minimum Gasteiger partial charge on any atom is -0.461 e. The molecule has 31 heavy (non-hydrogen) atoms. The van der Waals surface area contributed by atoms with Crippen LogP contribution in [0.1, 0.15) is 32.6 Å². The van der Waals surface area contributed by atoms with Crippen molar-refractivity contribution in [2.75, 3.05) is 6.61 Å². The number of azide groups is 1. The highest BCUT2D eigenvalue weighted by molar-refractivity contribution is 5.68. The van der Waals surface area contributed by atoms with Gasteiger partial charge >= 0.3 is 17.9 Å². The number of hydrogen-bond acceptors (Lipinski definition) is 9. The molecule has 11 heteroatoms. The van der Waals surface area contributed by atoms with E-state index in [1.54, 1.807) is 0 Å². The molecule has 0 amide bonds. The van der Waals surface area contributed by atoms with E-state index in [1.807, 2.05) is 30.3 Å². The Morgan fingerprint density at radius 1 is 0.968 bits per heavy atom. The van der Waals surface area contributed by atoms with Crippen molar-refractivity contribution >= 4 is 17.9 Å². The van der Waals surface area contributed by atoms with Gasteiger partial charge in [-0.25, -0.2) is 0 Å². The lowest BCUT2D eigenvalue weighted by Crippen LogP contribution is -2.66. The summed E-state index contributed by atoms with van der Waals surface area (Å²) in [5.41, 5.74) is 9.81. The molecule has 0 bridgehead atoms. The first-order chi connectivity index (χ1) is 14.8. The van der Waals surface area contributed by atoms with Crippen molar-refractivity contribution in [1.29, 1.82) is 0 Å². The molecule has 0 aromatic heterocycles. The van der Waals surface area contributed by atoms with Crippen LogP contribution < -0.4 is 0 Å². The summed E-state index contributed by atoms with van der Waals surface area (Å²) in [6, 6.07) is 7.95. The van der Waals surface area contributed by atoms with Crippen LogP contribution >= 0.6 is 0 Å². The first kappa shape index (κ1) is 22.5. The number of rotatable bonds is 5. The zero-order valence-electron chi connectivity index (χ0n) is 17.2. The van der Waals surface area contributed by atoms with Gasteiger partial charge in [-0.15, -0.1) is 0 Å². The van der Waals surface area contributed by atoms with Crippen LogP contribution in [0.4, 0.5) is 0 Å². The van der Waals surface area contributed by atoms with Gasteiger partial charge in [0.05, 0.1) is 12.5 Å². The third-order valence-corrected chi connectivity index (χ3v) is 5.05. The first-order valence-corrected chi connectivity index (χ1v) is 9.69. The molecule has 7 atom stereocenters. The summed E-state index contributed by atoms with van der Waals surface area (Å²) < 4.78 is 28.3. The number of carbonyl (C=O) groups is 3. The topological polar surface area (TPSA) is 146 Å². The molecule has 0 spiro atoms. The number of ether oxygens (including phenoxy) is 5. The van der Waals surface area contributed by atoms with Gasteiger partial charge in [-0.05, 0) is 5.53 Å². The molecule has 1 aliphatic carbocycles. The Morgan fingerprint density at radius 3 is 2.13 bits per heavy atom. The highest BCUT2D eigenvalue weighted by Crippen LogP contribution is 2.42. The highest BCUT2D eigenvalue weighted by Gasteiger charge is 2.58. The Kier molecular flexibility index (Phi) is 7.11. The number of benzene rings is 1. The average molecular weight is 433 g/mol. The van der Waals surface area contributed by atoms with Gasteiger partial charge in [0.15, 0.2) is 18.5 Å². The molecule has 0 radical (unpaired) electrons. The summed E-state index contributed by atoms with van der Waals surface area (Å²) in [4.78, 5) is 38.2. The Morgan fingerprint density at radius 2 is 1.55 bits per heavy atom. The maximum atomic E-state index is 11.9. The molecule has 2 fully saturated rings. The van der Waals surface area contributed by atoms with Gasteiger partial charge in [0.2, 0.25) is 0 Å². The smallest absolute Gasteiger partial charge is 0.303 e. The van der Waals surface area contributed by atoms with Gasteiger partial charge in [-0.3, -0.25) is 14.4 Å². The summed E-state index contributed by atoms with van der Waals surface area (Å²) in [6.45, 7) is 3.64. The van der Waals surface area contributed by atoms with Crippen molar-refractivity contribution in [3.8, 4) is 0 Å². The molecule has 3 rings (SSSR count). The van der Waals surface area contributed by atoms with Gasteiger partial charge in [0, 0.05) is 31.2 Å². The molecule has 1 saturated heterocycles. The Balaban J connectivity index is 2.03. The monoisotopic (exact) mass is 433 g/mol. The SMILES string of the molecule is CC(=O)O[C@H]1[C@@H]2O[C@H](c3ccccc3)OC[C@H]2[C@@H](OC(C)=O)[C@H](N=[N+]=[N-])[C@@H]1OC(C)=O. The van der Waals surface area contributed by atoms with E-state index in [0.717, 1.165) is 5.56 Å². The fourth-order valence-corrected chi connectivity index (χ4v) is 3.98. The van der Waals surface area contributed by atoms with Crippen LogP contribution in [0.25, 0.3) is 10.4 Å². The van der Waals surface area contributed by atoms with Crippen LogP contribution in [0.3, 0.4) is 0 Å². The van der Waals surface area contributed by atoms with E-state index in [4.69, 9.17) is 29.2 Å². The second kappa shape index (κ2) is 9.78. The molecule has 1 heterocycles. The third-order valence-electron chi connectivity index (χ3n) is 5.05. The molecule has 2 aliphatic rings. The quantitative estimate of drug-likeness (QED) is 0.226. The van der Waals surface area contributed by atoms with Crippen LogP contribution in [-0.4, -0.2) is 55.0 Å². The normalized spacial score (nSPS) is 32.0. The summed E-state index contributed by atoms with van der Waals surface area (Å²) in [5, 5.41) is 3.70. The summed E-state index contributed by atoms with van der Waals surface area (Å²) in [5.74, 6) is -2.60. The fraction of sp³-hybridized carbons (Fsp3) is 0.550. The van der Waals surface area contributed by atoms with Crippen molar-refractivity contribution in [2.24, 2.45) is 11.0 Å². The molecule has 1 aliphatic heterocycles. The number of nitrogens with zero attached hydrogens (tertiary/aromatic N) is 3. The van der Waals surface area contributed by atoms with Crippen molar-refractivity contribution in [3.05, 3.63) is 46.3 Å². The fourth-order valence-electron chi connectivity index (χ4n) is 3.98. The van der Waals surface area contributed by atoms with Gasteiger partial charge in [0.1, 0.15) is 18.2 Å². The summed E-state index contributed by atoms with van der Waals surface area (Å²) in [7, 11) is 0. The van der Waals surface area contributed by atoms with Gasteiger partial charge in [-0.2, -0.15) is 0 Å². The zero-order valence-corrected chi connectivity index (χ0v) is 17.2. The average Bonchev–Trinajstić information content (AvgIpc) is 2.72. The molecule has 0 unspecified atom stereocenters. The second-order valence-electron chi connectivity index (χ2n) is 7.26. The molecule has 0 N–H and O–H groups in total. The maximum Gasteiger partial charge on any atom is 0.303 e. The summed E-state index contributed by atoms with van der Waals surface area (Å²) in [6.07, 6.45) is -5.00. The lowest BCUT2D eigenvalue weighted by molar-refractivity contribution is -0.303. The van der Waals surface area contributed by atoms with E-state index in [2.05, 4.69) is 10.0 Å². The molecular formula is C20H23N3O8. The number of fused-ring (bicyclic) bond motifs is 1. The van der Waals surface area contributed by atoms with E-state index in [0.29, 0.717) is 0 Å². The van der Waals surface area contributed by atoms with E-state index < -0.39 is 60.6 Å². The van der Waals surface area contributed by atoms with Crippen LogP contribution in [0, 0.1) is 5.92 Å². The van der Waals surface area contributed by atoms with E-state index in [1.165, 1.54) is 20.8 Å². The van der Waals surface area contributed by atoms with E-state index in [-0.39, 0.29) is 6.61 Å². The Labute approximate surface area is 178 Å². The predicted molar refractivity (Wildman–Crippen MR) is 103 cm³/mol. The van der Waals surface area contributed by atoms with Crippen molar-refractivity contribution in [2.45, 2.75) is 57.5 Å². The Bertz CT molecular complexity index is 872. The molecule has 166 valence electrons.